The fourth-order valence-corrected chi connectivity index (χ4v) is 3.08. The first-order valence-corrected chi connectivity index (χ1v) is 7.66. The molecule has 2 aliphatic rings. The topological polar surface area (TPSA) is 32.3 Å². The molecule has 1 unspecified atom stereocenters. The van der Waals surface area contributed by atoms with Crippen molar-refractivity contribution in [3.8, 4) is 0 Å². The number of nitrogens with one attached hydrogen (secondary N) is 1. The summed E-state index contributed by atoms with van der Waals surface area (Å²) in [7, 11) is 0. The SMILES string of the molecule is Cc1cccc(CC(NCC2(O)CCC2)C2CC2)c1. The second kappa shape index (κ2) is 5.26. The van der Waals surface area contributed by atoms with Crippen molar-refractivity contribution in [2.75, 3.05) is 6.54 Å². The van der Waals surface area contributed by atoms with Crippen LogP contribution in [0.4, 0.5) is 0 Å². The van der Waals surface area contributed by atoms with Crippen LogP contribution in [-0.4, -0.2) is 23.3 Å². The molecule has 2 nitrogen and oxygen atoms in total. The highest BCUT2D eigenvalue weighted by Crippen LogP contribution is 2.36. The van der Waals surface area contributed by atoms with Gasteiger partial charge in [0.2, 0.25) is 0 Å². The van der Waals surface area contributed by atoms with Crippen molar-refractivity contribution < 1.29 is 5.11 Å². The van der Waals surface area contributed by atoms with Crippen LogP contribution in [0.25, 0.3) is 0 Å². The molecule has 0 heterocycles. The Morgan fingerprint density at radius 3 is 2.74 bits per heavy atom. The summed E-state index contributed by atoms with van der Waals surface area (Å²) in [6.45, 7) is 2.93. The first-order valence-electron chi connectivity index (χ1n) is 7.66. The van der Waals surface area contributed by atoms with Crippen molar-refractivity contribution in [1.29, 1.82) is 0 Å². The lowest BCUT2D eigenvalue weighted by Crippen LogP contribution is -2.49. The molecule has 0 aromatic heterocycles. The number of aliphatic hydroxyl groups is 1. The van der Waals surface area contributed by atoms with Crippen LogP contribution >= 0.6 is 0 Å². The van der Waals surface area contributed by atoms with E-state index in [4.69, 9.17) is 0 Å². The fraction of sp³-hybridized carbons (Fsp3) is 0.647. The van der Waals surface area contributed by atoms with Gasteiger partial charge in [-0.3, -0.25) is 0 Å². The second-order valence-corrected chi connectivity index (χ2v) is 6.60. The first-order chi connectivity index (χ1) is 9.15. The molecular weight excluding hydrogens is 234 g/mol. The van der Waals surface area contributed by atoms with E-state index in [1.165, 1.54) is 30.4 Å². The maximum Gasteiger partial charge on any atom is 0.0771 e. The Morgan fingerprint density at radius 1 is 1.37 bits per heavy atom. The van der Waals surface area contributed by atoms with Crippen molar-refractivity contribution in [3.05, 3.63) is 35.4 Å². The molecule has 0 aliphatic heterocycles. The summed E-state index contributed by atoms with van der Waals surface area (Å²) in [5, 5.41) is 13.9. The molecule has 2 heteroatoms. The van der Waals surface area contributed by atoms with E-state index in [9.17, 15) is 5.11 Å². The normalized spacial score (nSPS) is 22.8. The van der Waals surface area contributed by atoms with Gasteiger partial charge in [-0.15, -0.1) is 0 Å². The number of hydrogen-bond donors (Lipinski definition) is 2. The number of benzene rings is 1. The smallest absolute Gasteiger partial charge is 0.0771 e. The van der Waals surface area contributed by atoms with Gasteiger partial charge in [-0.25, -0.2) is 0 Å². The minimum Gasteiger partial charge on any atom is -0.389 e. The van der Waals surface area contributed by atoms with Crippen LogP contribution in [-0.2, 0) is 6.42 Å². The van der Waals surface area contributed by atoms with Crippen LogP contribution in [0.15, 0.2) is 24.3 Å². The Balaban J connectivity index is 1.58. The third-order valence-electron chi connectivity index (χ3n) is 4.71. The van der Waals surface area contributed by atoms with Gasteiger partial charge in [0.05, 0.1) is 5.60 Å². The van der Waals surface area contributed by atoms with Crippen molar-refractivity contribution in [2.24, 2.45) is 5.92 Å². The number of aryl methyl sites for hydroxylation is 1. The van der Waals surface area contributed by atoms with Gasteiger partial charge in [-0.1, -0.05) is 29.8 Å². The standard InChI is InChI=1S/C17H25NO/c1-13-4-2-5-14(10-13)11-16(15-6-7-15)18-12-17(19)8-3-9-17/h2,4-5,10,15-16,18-19H,3,6-9,11-12H2,1H3. The Kier molecular flexibility index (Phi) is 3.64. The zero-order chi connectivity index (χ0) is 13.3. The summed E-state index contributed by atoms with van der Waals surface area (Å²) in [5.74, 6) is 0.823. The lowest BCUT2D eigenvalue weighted by molar-refractivity contribution is -0.0336. The fourth-order valence-electron chi connectivity index (χ4n) is 3.08. The van der Waals surface area contributed by atoms with E-state index in [0.717, 1.165) is 31.7 Å². The van der Waals surface area contributed by atoms with E-state index >= 15 is 0 Å². The van der Waals surface area contributed by atoms with E-state index < -0.39 is 5.60 Å². The average Bonchev–Trinajstić information content (AvgIpc) is 3.16. The van der Waals surface area contributed by atoms with Gasteiger partial charge >= 0.3 is 0 Å². The highest BCUT2D eigenvalue weighted by molar-refractivity contribution is 5.23. The quantitative estimate of drug-likeness (QED) is 0.823. The zero-order valence-electron chi connectivity index (χ0n) is 11.9. The molecule has 1 aromatic rings. The number of rotatable bonds is 6. The Morgan fingerprint density at radius 2 is 2.16 bits per heavy atom. The Bertz CT molecular complexity index is 435. The zero-order valence-corrected chi connectivity index (χ0v) is 11.9. The van der Waals surface area contributed by atoms with Gasteiger partial charge in [0, 0.05) is 12.6 Å². The summed E-state index contributed by atoms with van der Waals surface area (Å²) >= 11 is 0. The Labute approximate surface area is 116 Å². The van der Waals surface area contributed by atoms with Crippen molar-refractivity contribution in [1.82, 2.24) is 5.32 Å². The Hall–Kier alpha value is -0.860. The predicted molar refractivity (Wildman–Crippen MR) is 78.2 cm³/mol. The van der Waals surface area contributed by atoms with Gasteiger partial charge in [-0.05, 0) is 56.9 Å². The molecule has 19 heavy (non-hydrogen) atoms. The van der Waals surface area contributed by atoms with Crippen molar-refractivity contribution in [3.63, 3.8) is 0 Å². The predicted octanol–water partition coefficient (Wildman–Crippen LogP) is 2.82. The van der Waals surface area contributed by atoms with Crippen LogP contribution in [0.2, 0.25) is 0 Å². The maximum absolute atomic E-state index is 10.2. The summed E-state index contributed by atoms with van der Waals surface area (Å²) in [6.07, 6.45) is 6.93. The molecule has 1 aromatic carbocycles. The molecule has 2 fully saturated rings. The lowest BCUT2D eigenvalue weighted by atomic mass is 9.80. The van der Waals surface area contributed by atoms with E-state index in [0.29, 0.717) is 6.04 Å². The third kappa shape index (κ3) is 3.37. The first kappa shape index (κ1) is 13.1. The van der Waals surface area contributed by atoms with Crippen LogP contribution < -0.4 is 5.32 Å². The third-order valence-corrected chi connectivity index (χ3v) is 4.71. The van der Waals surface area contributed by atoms with Gasteiger partial charge in [0.25, 0.3) is 0 Å². The second-order valence-electron chi connectivity index (χ2n) is 6.60. The minimum atomic E-state index is -0.403. The molecule has 0 saturated heterocycles. The molecule has 3 rings (SSSR count). The van der Waals surface area contributed by atoms with E-state index in [1.54, 1.807) is 0 Å². The van der Waals surface area contributed by atoms with Crippen LogP contribution in [0.1, 0.15) is 43.2 Å². The van der Waals surface area contributed by atoms with Crippen LogP contribution in [0, 0.1) is 12.8 Å². The van der Waals surface area contributed by atoms with Gasteiger partial charge in [-0.2, -0.15) is 0 Å². The maximum atomic E-state index is 10.2. The summed E-state index contributed by atoms with van der Waals surface area (Å²) in [6, 6.07) is 9.36. The molecule has 2 aliphatic carbocycles. The number of hydrogen-bond acceptors (Lipinski definition) is 2. The molecule has 1 atom stereocenters. The van der Waals surface area contributed by atoms with Crippen molar-refractivity contribution in [2.45, 2.75) is 57.1 Å². The van der Waals surface area contributed by atoms with Gasteiger partial charge in [0.1, 0.15) is 0 Å². The molecule has 2 saturated carbocycles. The molecule has 0 spiro atoms. The van der Waals surface area contributed by atoms with E-state index in [2.05, 4.69) is 36.5 Å². The molecule has 2 N–H and O–H groups in total. The monoisotopic (exact) mass is 259 g/mol. The molecule has 104 valence electrons. The van der Waals surface area contributed by atoms with E-state index in [1.807, 2.05) is 0 Å². The van der Waals surface area contributed by atoms with Crippen LogP contribution in [0.3, 0.4) is 0 Å². The molecule has 0 amide bonds. The minimum absolute atomic E-state index is 0.403. The van der Waals surface area contributed by atoms with E-state index in [-0.39, 0.29) is 0 Å². The van der Waals surface area contributed by atoms with Crippen LogP contribution in [0.5, 0.6) is 0 Å². The molecule has 0 bridgehead atoms. The lowest BCUT2D eigenvalue weighted by Gasteiger charge is -2.38. The van der Waals surface area contributed by atoms with Gasteiger partial charge < -0.3 is 10.4 Å². The highest BCUT2D eigenvalue weighted by Gasteiger charge is 2.37. The van der Waals surface area contributed by atoms with Gasteiger partial charge in [0.15, 0.2) is 0 Å². The summed E-state index contributed by atoms with van der Waals surface area (Å²) in [4.78, 5) is 0. The highest BCUT2D eigenvalue weighted by atomic mass is 16.3. The summed E-state index contributed by atoms with van der Waals surface area (Å²) in [5.41, 5.74) is 2.36. The molecular formula is C17H25NO. The van der Waals surface area contributed by atoms with Crippen molar-refractivity contribution >= 4 is 0 Å². The largest absolute Gasteiger partial charge is 0.389 e. The average molecular weight is 259 g/mol. The summed E-state index contributed by atoms with van der Waals surface area (Å²) < 4.78 is 0. The molecule has 0 radical (unpaired) electrons.